The summed E-state index contributed by atoms with van der Waals surface area (Å²) in [6.07, 6.45) is 2.05. The lowest BCUT2D eigenvalue weighted by Crippen LogP contribution is -2.38. The molecule has 2 aromatic heterocycles. The second kappa shape index (κ2) is 9.83. The van der Waals surface area contributed by atoms with Crippen molar-refractivity contribution in [3.63, 3.8) is 0 Å². The Morgan fingerprint density at radius 1 is 0.923 bits per heavy atom. The Balaban J connectivity index is 1.53. The number of hydrogen-bond donors (Lipinski definition) is 1. The third-order valence-corrected chi connectivity index (χ3v) is 7.52. The number of rotatable bonds is 4. The fraction of sp³-hybridized carbons (Fsp3) is 0.188. The van der Waals surface area contributed by atoms with Crippen LogP contribution in [0.1, 0.15) is 39.7 Å². The first-order valence-electron chi connectivity index (χ1n) is 13.0. The van der Waals surface area contributed by atoms with Gasteiger partial charge in [0, 0.05) is 17.4 Å². The van der Waals surface area contributed by atoms with Gasteiger partial charge in [-0.3, -0.25) is 0 Å². The van der Waals surface area contributed by atoms with Crippen LogP contribution in [-0.4, -0.2) is 32.4 Å². The molecule has 5 aromatic rings. The van der Waals surface area contributed by atoms with Crippen molar-refractivity contribution in [3.8, 4) is 17.3 Å². The molecule has 1 N–H and O–H groups in total. The molecule has 0 unspecified atom stereocenters. The molecule has 0 aliphatic carbocycles. The van der Waals surface area contributed by atoms with Gasteiger partial charge in [-0.05, 0) is 86.0 Å². The molecule has 7 heteroatoms. The van der Waals surface area contributed by atoms with Crippen LogP contribution in [0.3, 0.4) is 0 Å². The predicted octanol–water partition coefficient (Wildman–Crippen LogP) is 6.73. The number of anilines is 1. The van der Waals surface area contributed by atoms with Crippen molar-refractivity contribution in [3.05, 3.63) is 125 Å². The van der Waals surface area contributed by atoms with Crippen LogP contribution in [0.25, 0.3) is 11.5 Å². The van der Waals surface area contributed by atoms with Crippen LogP contribution in [0, 0.1) is 20.8 Å². The van der Waals surface area contributed by atoms with Crippen molar-refractivity contribution < 1.29 is 9.53 Å². The highest BCUT2D eigenvalue weighted by atomic mass is 16.5. The molecule has 39 heavy (non-hydrogen) atoms. The third-order valence-electron chi connectivity index (χ3n) is 7.52. The smallest absolute Gasteiger partial charge is 0.322 e. The molecule has 0 fully saturated rings. The maximum atomic E-state index is 14.1. The van der Waals surface area contributed by atoms with E-state index >= 15 is 0 Å². The van der Waals surface area contributed by atoms with Gasteiger partial charge in [0.05, 0.1) is 36.8 Å². The van der Waals surface area contributed by atoms with Crippen molar-refractivity contribution in [1.29, 1.82) is 0 Å². The lowest BCUT2D eigenvalue weighted by Gasteiger charge is -2.31. The Labute approximate surface area is 228 Å². The van der Waals surface area contributed by atoms with Gasteiger partial charge in [-0.1, -0.05) is 36.4 Å². The number of hydrogen-bond acceptors (Lipinski definition) is 3. The Hall–Kier alpha value is -4.78. The van der Waals surface area contributed by atoms with Crippen LogP contribution in [0.4, 0.5) is 10.5 Å². The molecule has 1 aliphatic rings. The fourth-order valence-electron chi connectivity index (χ4n) is 5.33. The van der Waals surface area contributed by atoms with E-state index < -0.39 is 0 Å². The molecule has 0 bridgehead atoms. The Morgan fingerprint density at radius 3 is 2.51 bits per heavy atom. The van der Waals surface area contributed by atoms with E-state index in [2.05, 4.69) is 29.8 Å². The normalized spacial score (nSPS) is 14.4. The van der Waals surface area contributed by atoms with E-state index in [4.69, 9.17) is 9.84 Å². The number of fused-ring (bicyclic) bond motifs is 3. The molecule has 3 heterocycles. The maximum Gasteiger partial charge on any atom is 0.322 e. The first kappa shape index (κ1) is 24.6. The zero-order chi connectivity index (χ0) is 27.1. The molecule has 6 rings (SSSR count). The number of methoxy groups -OCH3 is 1. The average molecular weight is 518 g/mol. The molecule has 0 spiro atoms. The van der Waals surface area contributed by atoms with E-state index in [1.54, 1.807) is 7.11 Å². The van der Waals surface area contributed by atoms with Gasteiger partial charge in [0.1, 0.15) is 11.6 Å². The van der Waals surface area contributed by atoms with Gasteiger partial charge >= 0.3 is 6.03 Å². The number of aromatic nitrogens is 3. The monoisotopic (exact) mass is 517 g/mol. The number of carbonyl (C=O) groups is 1. The van der Waals surface area contributed by atoms with Gasteiger partial charge in [-0.2, -0.15) is 5.10 Å². The number of aryl methyl sites for hydroxylation is 3. The van der Waals surface area contributed by atoms with Crippen molar-refractivity contribution in [2.24, 2.45) is 0 Å². The second-order valence-electron chi connectivity index (χ2n) is 9.97. The molecule has 1 aliphatic heterocycles. The minimum absolute atomic E-state index is 0.182. The summed E-state index contributed by atoms with van der Waals surface area (Å²) in [7, 11) is 1.66. The van der Waals surface area contributed by atoms with Crippen molar-refractivity contribution in [2.45, 2.75) is 33.4 Å². The van der Waals surface area contributed by atoms with E-state index in [0.29, 0.717) is 6.54 Å². The summed E-state index contributed by atoms with van der Waals surface area (Å²) in [5, 5.41) is 8.09. The summed E-state index contributed by atoms with van der Waals surface area (Å²) in [6.45, 7) is 6.51. The second-order valence-corrected chi connectivity index (χ2v) is 9.97. The summed E-state index contributed by atoms with van der Waals surface area (Å²) < 4.78 is 9.70. The van der Waals surface area contributed by atoms with E-state index in [1.165, 1.54) is 5.56 Å². The summed E-state index contributed by atoms with van der Waals surface area (Å²) >= 11 is 0. The summed E-state index contributed by atoms with van der Waals surface area (Å²) in [5.74, 6) is 1.68. The predicted molar refractivity (Wildman–Crippen MR) is 153 cm³/mol. The van der Waals surface area contributed by atoms with Crippen LogP contribution in [0.15, 0.2) is 91.1 Å². The Bertz CT molecular complexity index is 1670. The first-order valence-corrected chi connectivity index (χ1v) is 13.0. The van der Waals surface area contributed by atoms with Crippen LogP contribution < -0.4 is 10.1 Å². The zero-order valence-electron chi connectivity index (χ0n) is 22.6. The summed E-state index contributed by atoms with van der Waals surface area (Å²) in [6, 6.07) is 27.6. The van der Waals surface area contributed by atoms with E-state index in [-0.39, 0.29) is 12.1 Å². The Morgan fingerprint density at radius 2 is 1.74 bits per heavy atom. The first-order chi connectivity index (χ1) is 18.9. The number of para-hydroxylation sites is 1. The standard InChI is InChI=1S/C32H31N5O2/c1-21-15-16-25(18-22(21)2)33-32(38)36-20-28-23(3)34-37(26-11-6-5-7-12-26)31(28)35-17-9-14-29(35)30(36)24-10-8-13-27(19-24)39-4/h5-19,30H,20H2,1-4H3,(H,33,38)/t30-/m1/s1. The van der Waals surface area contributed by atoms with Gasteiger partial charge < -0.3 is 19.5 Å². The molecule has 196 valence electrons. The number of amides is 2. The number of urea groups is 1. The van der Waals surface area contributed by atoms with Crippen LogP contribution in [0.2, 0.25) is 0 Å². The van der Waals surface area contributed by atoms with Gasteiger partial charge in [0.25, 0.3) is 0 Å². The Kier molecular flexibility index (Phi) is 6.19. The molecule has 3 aromatic carbocycles. The minimum Gasteiger partial charge on any atom is -0.497 e. The van der Waals surface area contributed by atoms with Crippen molar-refractivity contribution >= 4 is 11.7 Å². The highest BCUT2D eigenvalue weighted by molar-refractivity contribution is 5.90. The summed E-state index contributed by atoms with van der Waals surface area (Å²) in [5.41, 5.74) is 7.85. The van der Waals surface area contributed by atoms with Crippen LogP contribution in [-0.2, 0) is 6.54 Å². The molecule has 0 saturated heterocycles. The van der Waals surface area contributed by atoms with Crippen molar-refractivity contribution in [1.82, 2.24) is 19.2 Å². The van der Waals surface area contributed by atoms with Crippen LogP contribution in [0.5, 0.6) is 5.75 Å². The van der Waals surface area contributed by atoms with Crippen molar-refractivity contribution in [2.75, 3.05) is 12.4 Å². The zero-order valence-corrected chi connectivity index (χ0v) is 22.6. The maximum absolute atomic E-state index is 14.1. The van der Waals surface area contributed by atoms with Gasteiger partial charge in [0.2, 0.25) is 0 Å². The number of ether oxygens (including phenoxy) is 1. The van der Waals surface area contributed by atoms with E-state index in [0.717, 1.165) is 51.0 Å². The lowest BCUT2D eigenvalue weighted by molar-refractivity contribution is 0.194. The molecule has 0 saturated carbocycles. The number of nitrogens with zero attached hydrogens (tertiary/aromatic N) is 4. The molecular weight excluding hydrogens is 486 g/mol. The number of nitrogens with one attached hydrogen (secondary N) is 1. The lowest BCUT2D eigenvalue weighted by atomic mass is 10.0. The molecule has 2 amide bonds. The minimum atomic E-state index is -0.363. The fourth-order valence-corrected chi connectivity index (χ4v) is 5.33. The highest BCUT2D eigenvalue weighted by Gasteiger charge is 2.36. The topological polar surface area (TPSA) is 64.3 Å². The van der Waals surface area contributed by atoms with E-state index in [9.17, 15) is 4.79 Å². The number of benzene rings is 3. The molecule has 7 nitrogen and oxygen atoms in total. The largest absolute Gasteiger partial charge is 0.497 e. The number of carbonyl (C=O) groups excluding carboxylic acids is 1. The molecule has 0 radical (unpaired) electrons. The van der Waals surface area contributed by atoms with Gasteiger partial charge in [-0.25, -0.2) is 9.48 Å². The van der Waals surface area contributed by atoms with Gasteiger partial charge in [-0.15, -0.1) is 0 Å². The van der Waals surface area contributed by atoms with Crippen LogP contribution >= 0.6 is 0 Å². The molecule has 1 atom stereocenters. The highest BCUT2D eigenvalue weighted by Crippen LogP contribution is 2.39. The SMILES string of the molecule is COc1cccc([C@@H]2c3cccn3-c3c(c(C)nn3-c3ccccc3)CN2C(=O)Nc2ccc(C)c(C)c2)c1. The third kappa shape index (κ3) is 4.36. The van der Waals surface area contributed by atoms with Gasteiger partial charge in [0.15, 0.2) is 0 Å². The van der Waals surface area contributed by atoms with E-state index in [1.807, 2.05) is 102 Å². The quantitative estimate of drug-likeness (QED) is 0.287. The average Bonchev–Trinajstić information content (AvgIpc) is 3.51. The summed E-state index contributed by atoms with van der Waals surface area (Å²) in [4.78, 5) is 16.0. The molecular formula is C32H31N5O2.